The van der Waals surface area contributed by atoms with Gasteiger partial charge in [-0.15, -0.1) is 0 Å². The van der Waals surface area contributed by atoms with Crippen LogP contribution in [0.1, 0.15) is 45.1 Å². The number of benzene rings is 1. The molecule has 0 radical (unpaired) electrons. The Morgan fingerprint density at radius 2 is 1.71 bits per heavy atom. The van der Waals surface area contributed by atoms with E-state index in [0.29, 0.717) is 5.92 Å². The molecule has 0 aliphatic rings. The van der Waals surface area contributed by atoms with Gasteiger partial charge >= 0.3 is 0 Å². The number of halogens is 1. The van der Waals surface area contributed by atoms with Gasteiger partial charge in [0.2, 0.25) is 0 Å². The predicted molar refractivity (Wildman–Crippen MR) is 77.2 cm³/mol. The highest BCUT2D eigenvalue weighted by molar-refractivity contribution is 9.10. The maximum absolute atomic E-state index is 10.3. The predicted octanol–water partition coefficient (Wildman–Crippen LogP) is 4.57. The smallest absolute Gasteiger partial charge is 0.0609 e. The quantitative estimate of drug-likeness (QED) is 0.782. The van der Waals surface area contributed by atoms with Gasteiger partial charge in [0.25, 0.3) is 0 Å². The van der Waals surface area contributed by atoms with Gasteiger partial charge in [-0.25, -0.2) is 0 Å². The average molecular weight is 299 g/mol. The molecular formula is C15H23BrO. The highest BCUT2D eigenvalue weighted by Crippen LogP contribution is 2.24. The van der Waals surface area contributed by atoms with Crippen molar-refractivity contribution in [3.63, 3.8) is 0 Å². The number of hydrogen-bond acceptors (Lipinski definition) is 1. The fourth-order valence-corrected chi connectivity index (χ4v) is 2.77. The van der Waals surface area contributed by atoms with Crippen LogP contribution in [-0.2, 0) is 6.42 Å². The normalized spacial score (nSPS) is 13.0. The first kappa shape index (κ1) is 14.7. The largest absolute Gasteiger partial charge is 0.392 e. The zero-order valence-electron chi connectivity index (χ0n) is 10.8. The topological polar surface area (TPSA) is 20.2 Å². The van der Waals surface area contributed by atoms with E-state index >= 15 is 0 Å². The summed E-state index contributed by atoms with van der Waals surface area (Å²) in [6, 6.07) is 8.16. The van der Waals surface area contributed by atoms with E-state index in [0.717, 1.165) is 36.6 Å². The van der Waals surface area contributed by atoms with Crippen LogP contribution in [0.3, 0.4) is 0 Å². The van der Waals surface area contributed by atoms with Crippen molar-refractivity contribution in [2.45, 2.75) is 52.1 Å². The molecule has 0 fully saturated rings. The van der Waals surface area contributed by atoms with Crippen molar-refractivity contribution in [3.8, 4) is 0 Å². The number of rotatable bonds is 7. The first-order valence-electron chi connectivity index (χ1n) is 6.60. The maximum Gasteiger partial charge on any atom is 0.0609 e. The van der Waals surface area contributed by atoms with Crippen molar-refractivity contribution < 1.29 is 5.11 Å². The SMILES string of the molecule is CCCC(CCC)C(O)Cc1ccccc1Br. The third-order valence-corrected chi connectivity index (χ3v) is 4.02. The van der Waals surface area contributed by atoms with E-state index in [9.17, 15) is 5.11 Å². The van der Waals surface area contributed by atoms with Gasteiger partial charge in [-0.1, -0.05) is 60.8 Å². The molecule has 1 aromatic rings. The highest BCUT2D eigenvalue weighted by atomic mass is 79.9. The van der Waals surface area contributed by atoms with Crippen LogP contribution in [0.4, 0.5) is 0 Å². The average Bonchev–Trinajstić information content (AvgIpc) is 2.32. The summed E-state index contributed by atoms with van der Waals surface area (Å²) in [5, 5.41) is 10.3. The molecule has 1 unspecified atom stereocenters. The first-order valence-corrected chi connectivity index (χ1v) is 7.39. The summed E-state index contributed by atoms with van der Waals surface area (Å²) < 4.78 is 1.10. The zero-order valence-corrected chi connectivity index (χ0v) is 12.4. The molecule has 0 heterocycles. The van der Waals surface area contributed by atoms with Crippen molar-refractivity contribution in [1.29, 1.82) is 0 Å². The first-order chi connectivity index (χ1) is 8.19. The summed E-state index contributed by atoms with van der Waals surface area (Å²) >= 11 is 3.54. The van der Waals surface area contributed by atoms with E-state index in [-0.39, 0.29) is 6.10 Å². The molecule has 0 amide bonds. The van der Waals surface area contributed by atoms with E-state index < -0.39 is 0 Å². The Bertz CT molecular complexity index is 318. The van der Waals surface area contributed by atoms with E-state index in [1.165, 1.54) is 5.56 Å². The van der Waals surface area contributed by atoms with Crippen LogP contribution in [0, 0.1) is 5.92 Å². The Labute approximate surface area is 113 Å². The van der Waals surface area contributed by atoms with E-state index in [1.807, 2.05) is 18.2 Å². The lowest BCUT2D eigenvalue weighted by Crippen LogP contribution is -2.23. The maximum atomic E-state index is 10.3. The minimum absolute atomic E-state index is 0.214. The Hall–Kier alpha value is -0.340. The number of hydrogen-bond donors (Lipinski definition) is 1. The van der Waals surface area contributed by atoms with Crippen molar-refractivity contribution in [2.24, 2.45) is 5.92 Å². The fraction of sp³-hybridized carbons (Fsp3) is 0.600. The molecule has 2 heteroatoms. The van der Waals surface area contributed by atoms with E-state index in [2.05, 4.69) is 35.8 Å². The van der Waals surface area contributed by atoms with Crippen molar-refractivity contribution in [1.82, 2.24) is 0 Å². The monoisotopic (exact) mass is 298 g/mol. The second kappa shape index (κ2) is 7.88. The molecule has 1 rings (SSSR count). The van der Waals surface area contributed by atoms with Crippen LogP contribution in [0.15, 0.2) is 28.7 Å². The van der Waals surface area contributed by atoms with Gasteiger partial charge in [0.05, 0.1) is 6.10 Å². The summed E-state index contributed by atoms with van der Waals surface area (Å²) in [4.78, 5) is 0. The van der Waals surface area contributed by atoms with Gasteiger partial charge in [-0.3, -0.25) is 0 Å². The van der Waals surface area contributed by atoms with Gasteiger partial charge < -0.3 is 5.11 Å². The molecule has 0 bridgehead atoms. The van der Waals surface area contributed by atoms with Crippen molar-refractivity contribution in [2.75, 3.05) is 0 Å². The van der Waals surface area contributed by atoms with Gasteiger partial charge in [-0.05, 0) is 36.8 Å². The molecule has 17 heavy (non-hydrogen) atoms. The molecule has 0 aliphatic carbocycles. The fourth-order valence-electron chi connectivity index (χ4n) is 2.33. The zero-order chi connectivity index (χ0) is 12.7. The minimum atomic E-state index is -0.214. The molecule has 1 nitrogen and oxygen atoms in total. The van der Waals surface area contributed by atoms with Crippen LogP contribution in [0.5, 0.6) is 0 Å². The lowest BCUT2D eigenvalue weighted by Gasteiger charge is -2.22. The van der Waals surface area contributed by atoms with Gasteiger partial charge in [-0.2, -0.15) is 0 Å². The molecular weight excluding hydrogens is 276 g/mol. The van der Waals surface area contributed by atoms with E-state index in [1.54, 1.807) is 0 Å². The number of aliphatic hydroxyl groups excluding tert-OH is 1. The van der Waals surface area contributed by atoms with Crippen LogP contribution < -0.4 is 0 Å². The molecule has 0 aliphatic heterocycles. The van der Waals surface area contributed by atoms with Crippen molar-refractivity contribution in [3.05, 3.63) is 34.3 Å². The van der Waals surface area contributed by atoms with Crippen LogP contribution in [0.25, 0.3) is 0 Å². The van der Waals surface area contributed by atoms with Gasteiger partial charge in [0.1, 0.15) is 0 Å². The summed E-state index contributed by atoms with van der Waals surface area (Å²) in [6.07, 6.45) is 5.09. The molecule has 0 saturated heterocycles. The Balaban J connectivity index is 2.62. The Morgan fingerprint density at radius 3 is 2.24 bits per heavy atom. The van der Waals surface area contributed by atoms with Gasteiger partial charge in [0.15, 0.2) is 0 Å². The van der Waals surface area contributed by atoms with Crippen LogP contribution in [-0.4, -0.2) is 11.2 Å². The molecule has 1 aromatic carbocycles. The highest BCUT2D eigenvalue weighted by Gasteiger charge is 2.18. The molecule has 0 aromatic heterocycles. The molecule has 96 valence electrons. The van der Waals surface area contributed by atoms with E-state index in [4.69, 9.17) is 0 Å². The lowest BCUT2D eigenvalue weighted by molar-refractivity contribution is 0.0962. The summed E-state index contributed by atoms with van der Waals surface area (Å²) in [6.45, 7) is 4.38. The third kappa shape index (κ3) is 4.81. The van der Waals surface area contributed by atoms with Crippen molar-refractivity contribution >= 4 is 15.9 Å². The standard InChI is InChI=1S/C15H23BrO/c1-3-7-12(8-4-2)15(17)11-13-9-5-6-10-14(13)16/h5-6,9-10,12,15,17H,3-4,7-8,11H2,1-2H3. The molecule has 1 atom stereocenters. The molecule has 0 spiro atoms. The summed E-state index contributed by atoms with van der Waals surface area (Å²) in [7, 11) is 0. The lowest BCUT2D eigenvalue weighted by atomic mass is 9.89. The number of aliphatic hydroxyl groups is 1. The third-order valence-electron chi connectivity index (χ3n) is 3.25. The van der Waals surface area contributed by atoms with Gasteiger partial charge in [0, 0.05) is 4.47 Å². The Morgan fingerprint density at radius 1 is 1.12 bits per heavy atom. The minimum Gasteiger partial charge on any atom is -0.392 e. The second-order valence-corrected chi connectivity index (χ2v) is 5.55. The summed E-state index contributed by atoms with van der Waals surface area (Å²) in [5.41, 5.74) is 1.21. The molecule has 0 saturated carbocycles. The Kier molecular flexibility index (Phi) is 6.83. The van der Waals surface area contributed by atoms with Crippen LogP contribution >= 0.6 is 15.9 Å². The van der Waals surface area contributed by atoms with Crippen LogP contribution in [0.2, 0.25) is 0 Å². The summed E-state index contributed by atoms with van der Waals surface area (Å²) in [5.74, 6) is 0.442. The second-order valence-electron chi connectivity index (χ2n) is 4.70. The molecule has 1 N–H and O–H groups in total.